The van der Waals surface area contributed by atoms with E-state index in [1.165, 1.54) is 0 Å². The van der Waals surface area contributed by atoms with Crippen LogP contribution < -0.4 is 0 Å². The number of hydrogen-bond acceptors (Lipinski definition) is 4. The smallest absolute Gasteiger partial charge is 0.172 e. The van der Waals surface area contributed by atoms with Crippen molar-refractivity contribution in [3.63, 3.8) is 0 Å². The lowest BCUT2D eigenvalue weighted by atomic mass is 9.87. The SMILES string of the molecule is COCc1ccc(-c2cnc3[nH]cc(C(=O)C(C)(C)CI)c3n2)cc1. The highest BCUT2D eigenvalue weighted by Gasteiger charge is 2.30. The number of nitrogens with one attached hydrogen (secondary N) is 1. The second kappa shape index (κ2) is 7.21. The minimum absolute atomic E-state index is 0.0787. The van der Waals surface area contributed by atoms with E-state index in [1.54, 1.807) is 19.5 Å². The van der Waals surface area contributed by atoms with E-state index in [9.17, 15) is 4.79 Å². The molecule has 0 unspecified atom stereocenters. The molecule has 3 rings (SSSR count). The molecule has 0 amide bonds. The fourth-order valence-electron chi connectivity index (χ4n) is 2.57. The highest BCUT2D eigenvalue weighted by Crippen LogP contribution is 2.28. The van der Waals surface area contributed by atoms with E-state index in [1.807, 2.05) is 38.1 Å². The molecule has 6 heteroatoms. The fraction of sp³-hybridized carbons (Fsp3) is 0.316. The van der Waals surface area contributed by atoms with Crippen LogP contribution in [-0.2, 0) is 11.3 Å². The summed E-state index contributed by atoms with van der Waals surface area (Å²) in [7, 11) is 1.68. The normalized spacial score (nSPS) is 11.8. The molecular formula is C19H20IN3O2. The number of halogens is 1. The zero-order valence-electron chi connectivity index (χ0n) is 14.5. The number of nitrogens with zero attached hydrogens (tertiary/aromatic N) is 2. The zero-order chi connectivity index (χ0) is 18.0. The monoisotopic (exact) mass is 449 g/mol. The number of ether oxygens (including phenoxy) is 1. The molecule has 0 aliphatic carbocycles. The van der Waals surface area contributed by atoms with Crippen LogP contribution in [0.2, 0.25) is 0 Å². The highest BCUT2D eigenvalue weighted by atomic mass is 127. The number of aromatic nitrogens is 3. The summed E-state index contributed by atoms with van der Waals surface area (Å²) in [6.07, 6.45) is 3.44. The first-order valence-electron chi connectivity index (χ1n) is 7.99. The first-order valence-corrected chi connectivity index (χ1v) is 9.52. The Labute approximate surface area is 160 Å². The van der Waals surface area contributed by atoms with Gasteiger partial charge in [-0.05, 0) is 5.56 Å². The average molecular weight is 449 g/mol. The minimum atomic E-state index is -0.435. The van der Waals surface area contributed by atoms with Gasteiger partial charge >= 0.3 is 0 Å². The quantitative estimate of drug-likeness (QED) is 0.344. The Hall–Kier alpha value is -1.80. The summed E-state index contributed by atoms with van der Waals surface area (Å²) < 4.78 is 5.88. The van der Waals surface area contributed by atoms with Gasteiger partial charge in [-0.3, -0.25) is 4.79 Å². The third kappa shape index (κ3) is 3.59. The third-order valence-corrected chi connectivity index (χ3v) is 6.04. The van der Waals surface area contributed by atoms with Gasteiger partial charge in [-0.2, -0.15) is 0 Å². The number of rotatable bonds is 6. The van der Waals surface area contributed by atoms with Gasteiger partial charge in [0, 0.05) is 28.7 Å². The van der Waals surface area contributed by atoms with Gasteiger partial charge in [0.25, 0.3) is 0 Å². The molecular weight excluding hydrogens is 429 g/mol. The number of Topliss-reactive ketones (excluding diaryl/α,β-unsaturated/α-hetero) is 1. The maximum absolute atomic E-state index is 12.8. The van der Waals surface area contributed by atoms with Crippen LogP contribution in [0.15, 0.2) is 36.7 Å². The van der Waals surface area contributed by atoms with Gasteiger partial charge in [-0.1, -0.05) is 60.7 Å². The average Bonchev–Trinajstić information content (AvgIpc) is 3.05. The summed E-state index contributed by atoms with van der Waals surface area (Å²) in [5, 5.41) is 0. The minimum Gasteiger partial charge on any atom is -0.380 e. The molecule has 130 valence electrons. The molecule has 2 heterocycles. The molecule has 3 aromatic rings. The number of ketones is 1. The van der Waals surface area contributed by atoms with Crippen molar-refractivity contribution >= 4 is 39.5 Å². The Morgan fingerprint density at radius 2 is 2.00 bits per heavy atom. The van der Waals surface area contributed by atoms with Crippen LogP contribution in [0, 0.1) is 5.41 Å². The number of aromatic amines is 1. The van der Waals surface area contributed by atoms with E-state index in [2.05, 4.69) is 32.6 Å². The molecule has 0 aliphatic rings. The molecule has 0 spiro atoms. The van der Waals surface area contributed by atoms with Gasteiger partial charge in [0.05, 0.1) is 24.1 Å². The summed E-state index contributed by atoms with van der Waals surface area (Å²) in [4.78, 5) is 25.0. The van der Waals surface area contributed by atoms with Crippen LogP contribution >= 0.6 is 22.6 Å². The Kier molecular flexibility index (Phi) is 5.19. The molecule has 1 aromatic carbocycles. The van der Waals surface area contributed by atoms with Gasteiger partial charge < -0.3 is 9.72 Å². The van der Waals surface area contributed by atoms with Crippen molar-refractivity contribution in [2.24, 2.45) is 5.41 Å². The molecule has 25 heavy (non-hydrogen) atoms. The number of methoxy groups -OCH3 is 1. The number of carbonyl (C=O) groups excluding carboxylic acids is 1. The molecule has 0 saturated heterocycles. The predicted octanol–water partition coefficient (Wildman–Crippen LogP) is 4.42. The van der Waals surface area contributed by atoms with Crippen LogP contribution in [0.25, 0.3) is 22.4 Å². The largest absolute Gasteiger partial charge is 0.380 e. The number of carbonyl (C=O) groups is 1. The summed E-state index contributed by atoms with van der Waals surface area (Å²) >= 11 is 2.24. The van der Waals surface area contributed by atoms with Gasteiger partial charge in [-0.15, -0.1) is 0 Å². The Bertz CT molecular complexity index is 901. The fourth-order valence-corrected chi connectivity index (χ4v) is 2.91. The van der Waals surface area contributed by atoms with Crippen molar-refractivity contribution in [3.05, 3.63) is 47.8 Å². The number of alkyl halides is 1. The predicted molar refractivity (Wildman–Crippen MR) is 107 cm³/mol. The first kappa shape index (κ1) is 18.0. The third-order valence-electron chi connectivity index (χ3n) is 4.13. The number of H-pyrrole nitrogens is 1. The Morgan fingerprint density at radius 3 is 2.64 bits per heavy atom. The number of benzene rings is 1. The number of hydrogen-bond donors (Lipinski definition) is 1. The van der Waals surface area contributed by atoms with Crippen molar-refractivity contribution in [2.45, 2.75) is 20.5 Å². The van der Waals surface area contributed by atoms with E-state index in [4.69, 9.17) is 9.72 Å². The lowest BCUT2D eigenvalue weighted by Crippen LogP contribution is -2.25. The van der Waals surface area contributed by atoms with Gasteiger partial charge in [0.1, 0.15) is 5.52 Å². The van der Waals surface area contributed by atoms with Gasteiger partial charge in [-0.25, -0.2) is 9.97 Å². The molecule has 2 aromatic heterocycles. The molecule has 0 saturated carbocycles. The van der Waals surface area contributed by atoms with Crippen LogP contribution in [-0.4, -0.2) is 32.3 Å². The molecule has 0 atom stereocenters. The zero-order valence-corrected chi connectivity index (χ0v) is 16.6. The summed E-state index contributed by atoms with van der Waals surface area (Å²) in [5.41, 5.74) is 4.23. The lowest BCUT2D eigenvalue weighted by Gasteiger charge is -2.19. The van der Waals surface area contributed by atoms with E-state index in [0.29, 0.717) is 23.3 Å². The molecule has 0 aliphatic heterocycles. The molecule has 0 radical (unpaired) electrons. The lowest BCUT2D eigenvalue weighted by molar-refractivity contribution is 0.0868. The van der Waals surface area contributed by atoms with Crippen LogP contribution in [0.1, 0.15) is 29.8 Å². The summed E-state index contributed by atoms with van der Waals surface area (Å²) in [5.74, 6) is 0.0787. The van der Waals surface area contributed by atoms with Crippen molar-refractivity contribution in [3.8, 4) is 11.3 Å². The first-order chi connectivity index (χ1) is 12.0. The number of fused-ring (bicyclic) bond motifs is 1. The Balaban J connectivity index is 2.02. The van der Waals surface area contributed by atoms with E-state index in [0.717, 1.165) is 21.2 Å². The van der Waals surface area contributed by atoms with E-state index < -0.39 is 5.41 Å². The van der Waals surface area contributed by atoms with E-state index in [-0.39, 0.29) is 5.78 Å². The van der Waals surface area contributed by atoms with Crippen molar-refractivity contribution in [1.82, 2.24) is 15.0 Å². The second-order valence-electron chi connectivity index (χ2n) is 6.63. The molecule has 0 bridgehead atoms. The van der Waals surface area contributed by atoms with Gasteiger partial charge in [0.2, 0.25) is 0 Å². The molecule has 0 fully saturated rings. The topological polar surface area (TPSA) is 67.9 Å². The van der Waals surface area contributed by atoms with Crippen LogP contribution in [0.5, 0.6) is 0 Å². The van der Waals surface area contributed by atoms with Crippen LogP contribution in [0.3, 0.4) is 0 Å². The van der Waals surface area contributed by atoms with Crippen LogP contribution in [0.4, 0.5) is 0 Å². The maximum atomic E-state index is 12.8. The van der Waals surface area contributed by atoms with Crippen molar-refractivity contribution in [2.75, 3.05) is 11.5 Å². The maximum Gasteiger partial charge on any atom is 0.172 e. The summed E-state index contributed by atoms with van der Waals surface area (Å²) in [6.45, 7) is 4.48. The Morgan fingerprint density at radius 1 is 1.28 bits per heavy atom. The van der Waals surface area contributed by atoms with Crippen molar-refractivity contribution in [1.29, 1.82) is 0 Å². The van der Waals surface area contributed by atoms with Gasteiger partial charge in [0.15, 0.2) is 11.4 Å². The standard InChI is InChI=1S/C19H20IN3O2/c1-19(2,11-20)17(24)14-8-21-18-16(14)23-15(9-22-18)13-6-4-12(5-7-13)10-25-3/h4-9H,10-11H2,1-3H3,(H,21,22). The van der Waals surface area contributed by atoms with Crippen molar-refractivity contribution < 1.29 is 9.53 Å². The molecule has 5 nitrogen and oxygen atoms in total. The summed E-state index contributed by atoms with van der Waals surface area (Å²) in [6, 6.07) is 8.00. The van der Waals surface area contributed by atoms with E-state index >= 15 is 0 Å². The highest BCUT2D eigenvalue weighted by molar-refractivity contribution is 14.1. The molecule has 1 N–H and O–H groups in total. The second-order valence-corrected chi connectivity index (χ2v) is 7.39.